The molecule has 0 aliphatic rings. The minimum atomic E-state index is -0.970. The summed E-state index contributed by atoms with van der Waals surface area (Å²) in [6.45, 7) is 7.84. The summed E-state index contributed by atoms with van der Waals surface area (Å²) in [5.74, 6) is -0.970. The van der Waals surface area contributed by atoms with E-state index < -0.39 is 23.7 Å². The van der Waals surface area contributed by atoms with Crippen molar-refractivity contribution in [3.63, 3.8) is 0 Å². The molecule has 0 saturated carbocycles. The number of unbranched alkanes of at least 4 members (excludes halogenated alkanes) is 5. The summed E-state index contributed by atoms with van der Waals surface area (Å²) in [6.07, 6.45) is 8.00. The third-order valence-corrected chi connectivity index (χ3v) is 4.47. The van der Waals surface area contributed by atoms with Crippen LogP contribution in [0.25, 0.3) is 0 Å². The lowest BCUT2D eigenvalue weighted by Crippen LogP contribution is -2.43. The number of hydrogen-bond acceptors (Lipinski definition) is 4. The van der Waals surface area contributed by atoms with Gasteiger partial charge in [-0.25, -0.2) is 4.79 Å². The molecular formula is C23H38N2O4. The standard InChI is InChI=1S/C23H38N2O4/c1-5-6-7-8-9-10-11-18-12-14-19(15-13-18)24-17-20(16-21(26)27)25-22(28)29-23(2,3)4/h12-15,20,24H,5-11,16-17H2,1-4H3,(H,25,28)(H,26,27). The van der Waals surface area contributed by atoms with Crippen LogP contribution in [0.3, 0.4) is 0 Å². The maximum Gasteiger partial charge on any atom is 0.407 e. The van der Waals surface area contributed by atoms with Crippen LogP contribution in [0, 0.1) is 0 Å². The molecule has 0 heterocycles. The number of carboxylic acid groups (broad SMARTS) is 1. The van der Waals surface area contributed by atoms with Crippen LogP contribution >= 0.6 is 0 Å². The molecule has 6 heteroatoms. The summed E-state index contributed by atoms with van der Waals surface area (Å²) in [4.78, 5) is 23.0. The van der Waals surface area contributed by atoms with Crippen molar-refractivity contribution in [3.8, 4) is 0 Å². The van der Waals surface area contributed by atoms with Crippen molar-refractivity contribution in [3.05, 3.63) is 29.8 Å². The van der Waals surface area contributed by atoms with Crippen LogP contribution < -0.4 is 10.6 Å². The van der Waals surface area contributed by atoms with Gasteiger partial charge in [0.15, 0.2) is 0 Å². The molecule has 1 rings (SSSR count). The van der Waals surface area contributed by atoms with Crippen LogP contribution in [0.15, 0.2) is 24.3 Å². The highest BCUT2D eigenvalue weighted by Gasteiger charge is 2.21. The molecule has 1 atom stereocenters. The van der Waals surface area contributed by atoms with Gasteiger partial charge in [-0.3, -0.25) is 4.79 Å². The first-order chi connectivity index (χ1) is 13.7. The number of aryl methyl sites for hydroxylation is 1. The number of anilines is 1. The van der Waals surface area contributed by atoms with E-state index in [9.17, 15) is 9.59 Å². The predicted octanol–water partition coefficient (Wildman–Crippen LogP) is 5.37. The van der Waals surface area contributed by atoms with Crippen LogP contribution in [0.2, 0.25) is 0 Å². The van der Waals surface area contributed by atoms with Crippen LogP contribution in [-0.2, 0) is 16.0 Å². The summed E-state index contributed by atoms with van der Waals surface area (Å²) in [5.41, 5.74) is 1.58. The van der Waals surface area contributed by atoms with Crippen molar-refractivity contribution < 1.29 is 19.4 Å². The van der Waals surface area contributed by atoms with Gasteiger partial charge in [-0.2, -0.15) is 0 Å². The van der Waals surface area contributed by atoms with Crippen molar-refractivity contribution >= 4 is 17.7 Å². The van der Waals surface area contributed by atoms with Crippen molar-refractivity contribution in [2.75, 3.05) is 11.9 Å². The van der Waals surface area contributed by atoms with Crippen molar-refractivity contribution in [2.24, 2.45) is 0 Å². The Balaban J connectivity index is 2.44. The molecule has 0 radical (unpaired) electrons. The first-order valence-electron chi connectivity index (χ1n) is 10.7. The lowest BCUT2D eigenvalue weighted by atomic mass is 10.0. The Morgan fingerprint density at radius 2 is 1.66 bits per heavy atom. The molecule has 1 unspecified atom stereocenters. The van der Waals surface area contributed by atoms with E-state index in [1.165, 1.54) is 44.1 Å². The van der Waals surface area contributed by atoms with Gasteiger partial charge in [-0.1, -0.05) is 51.2 Å². The summed E-state index contributed by atoms with van der Waals surface area (Å²) in [5, 5.41) is 14.9. The molecule has 0 spiro atoms. The molecular weight excluding hydrogens is 368 g/mol. The largest absolute Gasteiger partial charge is 0.481 e. The van der Waals surface area contributed by atoms with E-state index in [1.807, 2.05) is 12.1 Å². The first kappa shape index (κ1) is 24.8. The van der Waals surface area contributed by atoms with E-state index in [0.29, 0.717) is 6.54 Å². The minimum absolute atomic E-state index is 0.178. The molecule has 29 heavy (non-hydrogen) atoms. The molecule has 0 bridgehead atoms. The van der Waals surface area contributed by atoms with E-state index in [2.05, 4.69) is 29.7 Å². The lowest BCUT2D eigenvalue weighted by Gasteiger charge is -2.23. The zero-order valence-electron chi connectivity index (χ0n) is 18.4. The Morgan fingerprint density at radius 1 is 1.03 bits per heavy atom. The molecule has 1 aromatic carbocycles. The van der Waals surface area contributed by atoms with Crippen LogP contribution in [0.4, 0.5) is 10.5 Å². The van der Waals surface area contributed by atoms with Gasteiger partial charge in [0.25, 0.3) is 0 Å². The Kier molecular flexibility index (Phi) is 11.2. The topological polar surface area (TPSA) is 87.7 Å². The maximum absolute atomic E-state index is 11.9. The fourth-order valence-corrected chi connectivity index (χ4v) is 3.00. The highest BCUT2D eigenvalue weighted by molar-refractivity contribution is 5.71. The van der Waals surface area contributed by atoms with Gasteiger partial charge in [0.05, 0.1) is 12.5 Å². The van der Waals surface area contributed by atoms with Gasteiger partial charge in [0, 0.05) is 12.2 Å². The summed E-state index contributed by atoms with van der Waals surface area (Å²) in [6, 6.07) is 7.63. The number of alkyl carbamates (subject to hydrolysis) is 1. The van der Waals surface area contributed by atoms with Crippen molar-refractivity contribution in [2.45, 2.75) is 90.7 Å². The number of benzene rings is 1. The molecule has 164 valence electrons. The predicted molar refractivity (Wildman–Crippen MR) is 117 cm³/mol. The average Bonchev–Trinajstić information content (AvgIpc) is 2.61. The van der Waals surface area contributed by atoms with Gasteiger partial charge in [-0.15, -0.1) is 0 Å². The number of carboxylic acids is 1. The Morgan fingerprint density at radius 3 is 2.24 bits per heavy atom. The molecule has 1 amide bonds. The maximum atomic E-state index is 11.9. The van der Waals surface area contributed by atoms with Gasteiger partial charge in [0.2, 0.25) is 0 Å². The second-order valence-electron chi connectivity index (χ2n) is 8.54. The number of aliphatic carboxylic acids is 1. The molecule has 3 N–H and O–H groups in total. The number of ether oxygens (including phenoxy) is 1. The van der Waals surface area contributed by atoms with Crippen LogP contribution in [-0.4, -0.2) is 35.4 Å². The molecule has 0 aliphatic heterocycles. The monoisotopic (exact) mass is 406 g/mol. The number of nitrogens with one attached hydrogen (secondary N) is 2. The quantitative estimate of drug-likeness (QED) is 0.383. The number of carbonyl (C=O) groups excluding carboxylic acids is 1. The van der Waals surface area contributed by atoms with E-state index >= 15 is 0 Å². The van der Waals surface area contributed by atoms with Crippen molar-refractivity contribution in [1.29, 1.82) is 0 Å². The zero-order valence-corrected chi connectivity index (χ0v) is 18.4. The fourth-order valence-electron chi connectivity index (χ4n) is 3.00. The van der Waals surface area contributed by atoms with Gasteiger partial charge >= 0.3 is 12.1 Å². The first-order valence-corrected chi connectivity index (χ1v) is 10.7. The number of amides is 1. The molecule has 6 nitrogen and oxygen atoms in total. The molecule has 0 aliphatic carbocycles. The third-order valence-electron chi connectivity index (χ3n) is 4.47. The third kappa shape index (κ3) is 12.8. The number of rotatable bonds is 13. The SMILES string of the molecule is CCCCCCCCc1ccc(NCC(CC(=O)O)NC(=O)OC(C)(C)C)cc1. The molecule has 0 fully saturated rings. The van der Waals surface area contributed by atoms with E-state index in [4.69, 9.17) is 9.84 Å². The normalized spacial score (nSPS) is 12.3. The van der Waals surface area contributed by atoms with Crippen LogP contribution in [0.5, 0.6) is 0 Å². The van der Waals surface area contributed by atoms with Gasteiger partial charge in [0.1, 0.15) is 5.60 Å². The highest BCUT2D eigenvalue weighted by atomic mass is 16.6. The van der Waals surface area contributed by atoms with Crippen molar-refractivity contribution in [1.82, 2.24) is 5.32 Å². The lowest BCUT2D eigenvalue weighted by molar-refractivity contribution is -0.137. The highest BCUT2D eigenvalue weighted by Crippen LogP contribution is 2.14. The Hall–Kier alpha value is -2.24. The molecule has 1 aromatic rings. The van der Waals surface area contributed by atoms with Gasteiger partial charge < -0.3 is 20.5 Å². The zero-order chi connectivity index (χ0) is 21.7. The summed E-state index contributed by atoms with van der Waals surface area (Å²) >= 11 is 0. The Labute approximate surface area is 175 Å². The summed E-state index contributed by atoms with van der Waals surface area (Å²) in [7, 11) is 0. The van der Waals surface area contributed by atoms with Gasteiger partial charge in [-0.05, 0) is 51.3 Å². The molecule has 0 aromatic heterocycles. The summed E-state index contributed by atoms with van der Waals surface area (Å²) < 4.78 is 5.22. The second-order valence-corrected chi connectivity index (χ2v) is 8.54. The second kappa shape index (κ2) is 13.1. The Bertz CT molecular complexity index is 608. The smallest absolute Gasteiger partial charge is 0.407 e. The number of hydrogen-bond donors (Lipinski definition) is 3. The minimum Gasteiger partial charge on any atom is -0.481 e. The fraction of sp³-hybridized carbons (Fsp3) is 0.652. The number of carbonyl (C=O) groups is 2. The van der Waals surface area contributed by atoms with E-state index in [-0.39, 0.29) is 6.42 Å². The molecule has 0 saturated heterocycles. The van der Waals surface area contributed by atoms with E-state index in [0.717, 1.165) is 12.1 Å². The average molecular weight is 407 g/mol. The van der Waals surface area contributed by atoms with E-state index in [1.54, 1.807) is 20.8 Å². The van der Waals surface area contributed by atoms with Crippen LogP contribution in [0.1, 0.15) is 78.2 Å².